The van der Waals surface area contributed by atoms with Crippen molar-refractivity contribution in [1.29, 1.82) is 0 Å². The van der Waals surface area contributed by atoms with Crippen LogP contribution in [0.25, 0.3) is 0 Å². The maximum atomic E-state index is 2.39. The lowest BCUT2D eigenvalue weighted by Crippen LogP contribution is -2.24. The summed E-state index contributed by atoms with van der Waals surface area (Å²) >= 11 is 0. The zero-order valence-electron chi connectivity index (χ0n) is 7.87. The van der Waals surface area contributed by atoms with E-state index in [9.17, 15) is 0 Å². The maximum absolute atomic E-state index is 2.39. The van der Waals surface area contributed by atoms with E-state index in [2.05, 4.69) is 31.2 Å². The Hall–Kier alpha value is -0.520. The van der Waals surface area contributed by atoms with Crippen molar-refractivity contribution in [2.45, 2.75) is 26.2 Å². The lowest BCUT2D eigenvalue weighted by molar-refractivity contribution is 0.253. The predicted octanol–water partition coefficient (Wildman–Crippen LogP) is 3.49. The molecule has 0 saturated heterocycles. The molecule has 12 heavy (non-hydrogen) atoms. The van der Waals surface area contributed by atoms with Gasteiger partial charge in [0.05, 0.1) is 0 Å². The van der Waals surface area contributed by atoms with Gasteiger partial charge in [0.25, 0.3) is 0 Å². The van der Waals surface area contributed by atoms with Gasteiger partial charge in [-0.25, -0.2) is 0 Å². The molecule has 0 heterocycles. The minimum Gasteiger partial charge on any atom is -0.0882 e. The Kier molecular flexibility index (Phi) is 3.13. The Morgan fingerprint density at radius 1 is 1.00 bits per heavy atom. The first-order valence-electron chi connectivity index (χ1n) is 4.69. The van der Waals surface area contributed by atoms with Gasteiger partial charge in [0, 0.05) is 0 Å². The second kappa shape index (κ2) is 3.93. The van der Waals surface area contributed by atoms with Gasteiger partial charge in [0.1, 0.15) is 0 Å². The monoisotopic (exact) mass is 162 g/mol. The van der Waals surface area contributed by atoms with Crippen molar-refractivity contribution in [3.63, 3.8) is 0 Å². The summed E-state index contributed by atoms with van der Waals surface area (Å²) in [4.78, 5) is 0. The summed E-state index contributed by atoms with van der Waals surface area (Å²) in [5.41, 5.74) is 0. The molecule has 66 valence electrons. The quantitative estimate of drug-likeness (QED) is 0.478. The Labute approximate surface area is 76.4 Å². The molecule has 2 aliphatic carbocycles. The molecule has 2 radical (unpaired) electrons. The SMILES string of the molecule is CC1C=CCC2CC=CCC12.[CH2]. The Balaban J connectivity index is 0.000000720. The third kappa shape index (κ3) is 1.63. The molecule has 0 heteroatoms. The average Bonchev–Trinajstić information content (AvgIpc) is 2.06. The van der Waals surface area contributed by atoms with E-state index in [4.69, 9.17) is 0 Å². The van der Waals surface area contributed by atoms with E-state index in [1.165, 1.54) is 19.3 Å². The van der Waals surface area contributed by atoms with E-state index < -0.39 is 0 Å². The van der Waals surface area contributed by atoms with Crippen molar-refractivity contribution in [2.75, 3.05) is 0 Å². The first-order valence-corrected chi connectivity index (χ1v) is 4.69. The fraction of sp³-hybridized carbons (Fsp3) is 0.583. The molecule has 0 aromatic carbocycles. The van der Waals surface area contributed by atoms with Crippen molar-refractivity contribution in [2.24, 2.45) is 17.8 Å². The van der Waals surface area contributed by atoms with Gasteiger partial charge in [0.15, 0.2) is 0 Å². The molecule has 0 saturated carbocycles. The zero-order chi connectivity index (χ0) is 7.68. The highest BCUT2D eigenvalue weighted by molar-refractivity contribution is 5.05. The number of hydrogen-bond donors (Lipinski definition) is 0. The molecule has 3 unspecified atom stereocenters. The largest absolute Gasteiger partial charge is 0.0882 e. The molecule has 3 atom stereocenters. The van der Waals surface area contributed by atoms with Crippen LogP contribution in [0.3, 0.4) is 0 Å². The number of rotatable bonds is 0. The molecule has 0 fully saturated rings. The lowest BCUT2D eigenvalue weighted by Gasteiger charge is -2.34. The highest BCUT2D eigenvalue weighted by Crippen LogP contribution is 2.37. The summed E-state index contributed by atoms with van der Waals surface area (Å²) in [6.07, 6.45) is 13.4. The van der Waals surface area contributed by atoms with Crippen LogP contribution >= 0.6 is 0 Å². The summed E-state index contributed by atoms with van der Waals surface area (Å²) in [7, 11) is 0. The van der Waals surface area contributed by atoms with Crippen LogP contribution in [0.15, 0.2) is 24.3 Å². The Morgan fingerprint density at radius 2 is 1.67 bits per heavy atom. The van der Waals surface area contributed by atoms with Crippen LogP contribution < -0.4 is 0 Å². The van der Waals surface area contributed by atoms with Gasteiger partial charge >= 0.3 is 0 Å². The van der Waals surface area contributed by atoms with Crippen molar-refractivity contribution in [3.05, 3.63) is 31.7 Å². The summed E-state index contributed by atoms with van der Waals surface area (Å²) in [6, 6.07) is 0. The minimum atomic E-state index is 0. The second-order valence-electron chi connectivity index (χ2n) is 3.89. The summed E-state index contributed by atoms with van der Waals surface area (Å²) in [5, 5.41) is 0. The summed E-state index contributed by atoms with van der Waals surface area (Å²) < 4.78 is 0. The van der Waals surface area contributed by atoms with E-state index in [1.807, 2.05) is 0 Å². The average molecular weight is 162 g/mol. The second-order valence-corrected chi connectivity index (χ2v) is 3.89. The standard InChI is InChI=1S/C11H16.CH2/c1-9-5-4-7-10-6-2-3-8-11(9)10;/h2-5,9-11H,6-8H2,1H3;1H2. The van der Waals surface area contributed by atoms with Gasteiger partial charge in [-0.05, 0) is 37.0 Å². The smallest absolute Gasteiger partial charge is 0.0228 e. The molecule has 0 nitrogen and oxygen atoms in total. The molecule has 0 aromatic heterocycles. The molecule has 0 N–H and O–H groups in total. The Morgan fingerprint density at radius 3 is 2.42 bits per heavy atom. The van der Waals surface area contributed by atoms with E-state index >= 15 is 0 Å². The molecule has 0 bridgehead atoms. The topological polar surface area (TPSA) is 0 Å². The Bertz CT molecular complexity index is 188. The zero-order valence-corrected chi connectivity index (χ0v) is 7.87. The van der Waals surface area contributed by atoms with E-state index in [0.29, 0.717) is 0 Å². The van der Waals surface area contributed by atoms with Gasteiger partial charge in [-0.2, -0.15) is 0 Å². The molecular formula is C12H18. The molecule has 0 aromatic rings. The number of allylic oxidation sites excluding steroid dienone is 4. The van der Waals surface area contributed by atoms with Crippen LogP contribution in [-0.4, -0.2) is 0 Å². The normalized spacial score (nSPS) is 38.6. The predicted molar refractivity (Wildman–Crippen MR) is 53.6 cm³/mol. The van der Waals surface area contributed by atoms with E-state index in [0.717, 1.165) is 17.8 Å². The number of hydrogen-bond acceptors (Lipinski definition) is 0. The van der Waals surface area contributed by atoms with Crippen molar-refractivity contribution >= 4 is 0 Å². The fourth-order valence-corrected chi connectivity index (χ4v) is 2.42. The van der Waals surface area contributed by atoms with Crippen LogP contribution in [0.1, 0.15) is 26.2 Å². The van der Waals surface area contributed by atoms with Gasteiger partial charge < -0.3 is 0 Å². The van der Waals surface area contributed by atoms with Crippen LogP contribution in [0.2, 0.25) is 0 Å². The molecule has 0 amide bonds. The van der Waals surface area contributed by atoms with Crippen molar-refractivity contribution in [3.8, 4) is 0 Å². The summed E-state index contributed by atoms with van der Waals surface area (Å²) in [6.45, 7) is 2.35. The van der Waals surface area contributed by atoms with Crippen LogP contribution in [-0.2, 0) is 0 Å². The van der Waals surface area contributed by atoms with E-state index in [1.54, 1.807) is 0 Å². The number of fused-ring (bicyclic) bond motifs is 1. The molecule has 0 aliphatic heterocycles. The first-order chi connectivity index (χ1) is 5.38. The first kappa shape index (κ1) is 9.57. The van der Waals surface area contributed by atoms with Crippen molar-refractivity contribution in [1.82, 2.24) is 0 Å². The molecule has 0 spiro atoms. The highest BCUT2D eigenvalue weighted by atomic mass is 14.3. The van der Waals surface area contributed by atoms with Crippen LogP contribution in [0.5, 0.6) is 0 Å². The van der Waals surface area contributed by atoms with E-state index in [-0.39, 0.29) is 7.43 Å². The molecular weight excluding hydrogens is 144 g/mol. The maximum Gasteiger partial charge on any atom is -0.0228 e. The van der Waals surface area contributed by atoms with Gasteiger partial charge in [-0.15, -0.1) is 0 Å². The third-order valence-electron chi connectivity index (χ3n) is 3.17. The van der Waals surface area contributed by atoms with Crippen LogP contribution in [0, 0.1) is 25.2 Å². The van der Waals surface area contributed by atoms with Crippen molar-refractivity contribution < 1.29 is 0 Å². The van der Waals surface area contributed by atoms with Gasteiger partial charge in [-0.1, -0.05) is 38.7 Å². The highest BCUT2D eigenvalue weighted by Gasteiger charge is 2.27. The lowest BCUT2D eigenvalue weighted by atomic mass is 9.71. The third-order valence-corrected chi connectivity index (χ3v) is 3.17. The summed E-state index contributed by atoms with van der Waals surface area (Å²) in [5.74, 6) is 2.73. The van der Waals surface area contributed by atoms with Gasteiger partial charge in [0.2, 0.25) is 0 Å². The van der Waals surface area contributed by atoms with Crippen LogP contribution in [0.4, 0.5) is 0 Å². The molecule has 2 rings (SSSR count). The molecule has 2 aliphatic rings. The fourth-order valence-electron chi connectivity index (χ4n) is 2.42. The van der Waals surface area contributed by atoms with Gasteiger partial charge in [-0.3, -0.25) is 0 Å². The minimum absolute atomic E-state index is 0.